The molecule has 31 heavy (non-hydrogen) atoms. The lowest BCUT2D eigenvalue weighted by Gasteiger charge is -2.25. The molecule has 11 heteroatoms. The summed E-state index contributed by atoms with van der Waals surface area (Å²) in [5.74, 6) is -0.473. The van der Waals surface area contributed by atoms with E-state index < -0.39 is 27.8 Å². The summed E-state index contributed by atoms with van der Waals surface area (Å²) in [6.07, 6.45) is 4.54. The molecule has 0 spiro atoms. The Bertz CT molecular complexity index is 1190. The predicted octanol–water partition coefficient (Wildman–Crippen LogP) is 1.88. The van der Waals surface area contributed by atoms with Crippen molar-refractivity contribution in [1.82, 2.24) is 29.6 Å². The average molecular weight is 444 g/mol. The van der Waals surface area contributed by atoms with Crippen LogP contribution in [0.3, 0.4) is 0 Å². The number of carbonyl (C=O) groups excluding carboxylic acids is 1. The third-order valence-electron chi connectivity index (χ3n) is 5.33. The van der Waals surface area contributed by atoms with Crippen LogP contribution in [0, 0.1) is 5.82 Å². The monoisotopic (exact) mass is 444 g/mol. The topological polar surface area (TPSA) is 115 Å². The Kier molecular flexibility index (Phi) is 5.52. The lowest BCUT2D eigenvalue weighted by atomic mass is 10.0. The lowest BCUT2D eigenvalue weighted by molar-refractivity contribution is 0.0941. The summed E-state index contributed by atoms with van der Waals surface area (Å²) < 4.78 is 16.0. The van der Waals surface area contributed by atoms with Crippen LogP contribution in [0.25, 0.3) is 5.69 Å². The largest absolute Gasteiger partial charge is 0.501 e. The zero-order chi connectivity index (χ0) is 22.2. The minimum Gasteiger partial charge on any atom is -0.501 e. The third-order valence-corrected chi connectivity index (χ3v) is 6.84. The molecule has 3 aromatic rings. The molecule has 1 saturated heterocycles. The number of amides is 1. The molecule has 162 valence electrons. The fourth-order valence-corrected chi connectivity index (χ4v) is 5.01. The van der Waals surface area contributed by atoms with Crippen LogP contribution in [-0.4, -0.2) is 41.1 Å². The molecule has 0 radical (unpaired) electrons. The van der Waals surface area contributed by atoms with Gasteiger partial charge in [0.2, 0.25) is 5.75 Å². The molecule has 1 aliphatic rings. The van der Waals surface area contributed by atoms with Gasteiger partial charge in [0.1, 0.15) is 24.3 Å². The van der Waals surface area contributed by atoms with Gasteiger partial charge in [0.15, 0.2) is 5.69 Å². The second-order valence-electron chi connectivity index (χ2n) is 7.48. The van der Waals surface area contributed by atoms with Gasteiger partial charge in [0, 0.05) is 13.6 Å². The Labute approximate surface area is 181 Å². The van der Waals surface area contributed by atoms with E-state index in [1.807, 2.05) is 6.92 Å². The summed E-state index contributed by atoms with van der Waals surface area (Å²) >= 11 is 1.67. The van der Waals surface area contributed by atoms with Crippen molar-refractivity contribution in [2.75, 3.05) is 5.75 Å². The summed E-state index contributed by atoms with van der Waals surface area (Å²) in [6, 6.07) is 4.07. The van der Waals surface area contributed by atoms with Gasteiger partial charge in [-0.3, -0.25) is 14.2 Å². The highest BCUT2D eigenvalue weighted by atomic mass is 32.2. The van der Waals surface area contributed by atoms with Crippen LogP contribution in [-0.2, 0) is 18.3 Å². The summed E-state index contributed by atoms with van der Waals surface area (Å²) in [5.41, 5.74) is -0.0122. The van der Waals surface area contributed by atoms with Gasteiger partial charge in [-0.15, -0.1) is 11.8 Å². The molecular weight excluding hydrogens is 423 g/mol. The van der Waals surface area contributed by atoms with Gasteiger partial charge in [0.25, 0.3) is 11.5 Å². The Hall–Kier alpha value is -3.21. The summed E-state index contributed by atoms with van der Waals surface area (Å²) in [4.78, 5) is 33.6. The van der Waals surface area contributed by atoms with Crippen LogP contribution in [0.5, 0.6) is 5.75 Å². The van der Waals surface area contributed by atoms with Crippen LogP contribution >= 0.6 is 11.8 Å². The number of benzene rings is 1. The van der Waals surface area contributed by atoms with E-state index >= 15 is 0 Å². The van der Waals surface area contributed by atoms with Crippen molar-refractivity contribution < 1.29 is 14.3 Å². The minimum atomic E-state index is -0.703. The van der Waals surface area contributed by atoms with E-state index in [1.54, 1.807) is 18.8 Å². The molecular formula is C20H21FN6O3S. The van der Waals surface area contributed by atoms with Crippen LogP contribution in [0.15, 0.2) is 35.6 Å². The Morgan fingerprint density at radius 3 is 2.90 bits per heavy atom. The van der Waals surface area contributed by atoms with E-state index in [9.17, 15) is 19.1 Å². The molecule has 1 unspecified atom stereocenters. The van der Waals surface area contributed by atoms with Crippen molar-refractivity contribution in [3.8, 4) is 11.4 Å². The molecule has 0 saturated carbocycles. The molecule has 1 amide bonds. The maximum Gasteiger partial charge on any atom is 0.296 e. The summed E-state index contributed by atoms with van der Waals surface area (Å²) in [5, 5.41) is 17.0. The Morgan fingerprint density at radius 1 is 1.42 bits per heavy atom. The second-order valence-corrected chi connectivity index (χ2v) is 9.07. The van der Waals surface area contributed by atoms with Crippen LogP contribution in [0.4, 0.5) is 4.39 Å². The van der Waals surface area contributed by atoms with E-state index in [0.29, 0.717) is 17.1 Å². The molecule has 0 bridgehead atoms. The number of nitrogens with zero attached hydrogens (tertiary/aromatic N) is 5. The highest BCUT2D eigenvalue weighted by molar-refractivity contribution is 8.00. The third kappa shape index (κ3) is 3.92. The van der Waals surface area contributed by atoms with Gasteiger partial charge >= 0.3 is 0 Å². The molecule has 0 aliphatic carbocycles. The first kappa shape index (κ1) is 21.0. The van der Waals surface area contributed by atoms with E-state index in [1.165, 1.54) is 40.1 Å². The van der Waals surface area contributed by atoms with Crippen molar-refractivity contribution in [3.05, 3.63) is 64.1 Å². The zero-order valence-electron chi connectivity index (χ0n) is 17.0. The molecule has 1 fully saturated rings. The maximum absolute atomic E-state index is 13.7. The van der Waals surface area contributed by atoms with Crippen molar-refractivity contribution in [2.24, 2.45) is 7.05 Å². The first-order valence-electron chi connectivity index (χ1n) is 9.66. The molecule has 1 aromatic carbocycles. The van der Waals surface area contributed by atoms with Crippen molar-refractivity contribution in [3.63, 3.8) is 0 Å². The number of nitrogens with one attached hydrogen (secondary N) is 1. The number of halogens is 1. The quantitative estimate of drug-likeness (QED) is 0.617. The Morgan fingerprint density at radius 2 is 2.23 bits per heavy atom. The maximum atomic E-state index is 13.7. The first-order valence-corrected chi connectivity index (χ1v) is 10.6. The molecule has 2 N–H and O–H groups in total. The van der Waals surface area contributed by atoms with E-state index in [2.05, 4.69) is 20.4 Å². The fourth-order valence-electron chi connectivity index (χ4n) is 3.67. The summed E-state index contributed by atoms with van der Waals surface area (Å²) in [6.45, 7) is 1.99. The van der Waals surface area contributed by atoms with Crippen molar-refractivity contribution >= 4 is 17.7 Å². The normalized spacial score (nSPS) is 18.3. The number of hydrogen-bond donors (Lipinski definition) is 2. The highest BCUT2D eigenvalue weighted by Crippen LogP contribution is 2.45. The average Bonchev–Trinajstić information content (AvgIpc) is 3.43. The van der Waals surface area contributed by atoms with Crippen molar-refractivity contribution in [1.29, 1.82) is 0 Å². The van der Waals surface area contributed by atoms with Crippen LogP contribution < -0.4 is 10.9 Å². The minimum absolute atomic E-state index is 0.00594. The number of aromatic nitrogens is 5. The molecule has 4 rings (SSSR count). The molecule has 2 aromatic heterocycles. The van der Waals surface area contributed by atoms with Gasteiger partial charge in [-0.1, -0.05) is 6.07 Å². The highest BCUT2D eigenvalue weighted by Gasteiger charge is 2.37. The number of aromatic hydroxyl groups is 1. The molecule has 3 heterocycles. The smallest absolute Gasteiger partial charge is 0.296 e. The SMILES string of the molecule is Cn1c(C2(C)CCCS2)nc(C(=O)NCc2ccc(F)cc2-n2cncn2)c(O)c1=O. The second kappa shape index (κ2) is 8.14. The van der Waals surface area contributed by atoms with E-state index in [-0.39, 0.29) is 12.2 Å². The van der Waals surface area contributed by atoms with Gasteiger partial charge < -0.3 is 10.4 Å². The lowest BCUT2D eigenvalue weighted by Crippen LogP contribution is -2.34. The zero-order valence-corrected chi connectivity index (χ0v) is 17.8. The number of hydrogen-bond acceptors (Lipinski definition) is 7. The molecule has 9 nitrogen and oxygen atoms in total. The van der Waals surface area contributed by atoms with E-state index in [4.69, 9.17) is 0 Å². The van der Waals surface area contributed by atoms with Crippen molar-refractivity contribution in [2.45, 2.75) is 31.1 Å². The molecule has 1 aliphatic heterocycles. The number of rotatable bonds is 5. The van der Waals surface area contributed by atoms with Crippen LogP contribution in [0.1, 0.15) is 41.6 Å². The fraction of sp³-hybridized carbons (Fsp3) is 0.350. The van der Waals surface area contributed by atoms with Gasteiger partial charge in [-0.25, -0.2) is 19.0 Å². The van der Waals surface area contributed by atoms with Gasteiger partial charge in [-0.2, -0.15) is 5.10 Å². The number of thioether (sulfide) groups is 1. The van der Waals surface area contributed by atoms with E-state index in [0.717, 1.165) is 18.6 Å². The van der Waals surface area contributed by atoms with Gasteiger partial charge in [-0.05, 0) is 43.2 Å². The first-order chi connectivity index (χ1) is 14.8. The summed E-state index contributed by atoms with van der Waals surface area (Å²) in [7, 11) is 1.54. The standard InChI is InChI=1S/C20H21FN6O3S/c1-20(6-3-7-31-20)19-25-15(16(28)18(30)26(19)2)17(29)23-9-12-4-5-13(21)8-14(12)27-11-22-10-24-27/h4-5,8,10-11,28H,3,6-7,9H2,1-2H3,(H,23,29). The van der Waals surface area contributed by atoms with Crippen LogP contribution in [0.2, 0.25) is 0 Å². The predicted molar refractivity (Wildman–Crippen MR) is 113 cm³/mol. The van der Waals surface area contributed by atoms with Gasteiger partial charge in [0.05, 0.1) is 10.4 Å². The number of carbonyl (C=O) groups is 1. The molecule has 1 atom stereocenters. The Balaban J connectivity index is 1.63.